The van der Waals surface area contributed by atoms with Crippen LogP contribution in [-0.2, 0) is 30.2 Å². The molecule has 0 aliphatic heterocycles. The van der Waals surface area contributed by atoms with E-state index in [1.165, 1.54) is 18.2 Å². The Labute approximate surface area is 148 Å². The van der Waals surface area contributed by atoms with E-state index in [1.807, 2.05) is 6.07 Å². The van der Waals surface area contributed by atoms with Crippen LogP contribution in [0, 0.1) is 0 Å². The first kappa shape index (κ1) is 20.6. The maximum absolute atomic E-state index is 11.1. The van der Waals surface area contributed by atoms with Crippen LogP contribution >= 0.6 is 0 Å². The van der Waals surface area contributed by atoms with Gasteiger partial charge in [0.2, 0.25) is 0 Å². The van der Waals surface area contributed by atoms with Crippen LogP contribution in [0.4, 0.5) is 0 Å². The third-order valence-corrected chi connectivity index (χ3v) is 4.86. The van der Waals surface area contributed by atoms with E-state index in [9.17, 15) is 16.8 Å². The lowest BCUT2D eigenvalue weighted by molar-refractivity contribution is 0.443. The topological polar surface area (TPSA) is 97.7 Å². The molecule has 0 aliphatic rings. The lowest BCUT2D eigenvalue weighted by Crippen LogP contribution is -2.04. The Morgan fingerprint density at radius 2 is 1.48 bits per heavy atom. The van der Waals surface area contributed by atoms with Gasteiger partial charge in [0.1, 0.15) is 10.6 Å². The molecule has 0 spiro atoms. The third-order valence-electron chi connectivity index (χ3n) is 2.82. The van der Waals surface area contributed by atoms with Crippen LogP contribution in [0.2, 0.25) is 0 Å². The molecule has 6 nitrogen and oxygen atoms in total. The summed E-state index contributed by atoms with van der Waals surface area (Å²) in [7, 11) is -7.62. The monoisotopic (exact) mass is 382 g/mol. The molecule has 0 saturated carbocycles. The van der Waals surface area contributed by atoms with Gasteiger partial charge < -0.3 is 4.18 Å². The second-order valence-electron chi connectivity index (χ2n) is 4.67. The van der Waals surface area contributed by atoms with Gasteiger partial charge in [-0.1, -0.05) is 67.8 Å². The molecule has 0 aromatic heterocycles. The summed E-state index contributed by atoms with van der Waals surface area (Å²) in [5.74, 6) is -0.125. The highest BCUT2D eigenvalue weighted by atomic mass is 32.2. The van der Waals surface area contributed by atoms with Gasteiger partial charge in [0.15, 0.2) is 0 Å². The van der Waals surface area contributed by atoms with Gasteiger partial charge in [-0.2, -0.15) is 16.8 Å². The van der Waals surface area contributed by atoms with Gasteiger partial charge in [-0.25, -0.2) is 0 Å². The third kappa shape index (κ3) is 7.34. The molecule has 0 saturated heterocycles. The molecular formula is C17H18O6S2. The quantitative estimate of drug-likeness (QED) is 0.468. The Morgan fingerprint density at radius 1 is 0.920 bits per heavy atom. The fraction of sp³-hybridized carbons (Fsp3) is 0.0588. The van der Waals surface area contributed by atoms with E-state index in [0.717, 1.165) is 6.26 Å². The maximum Gasteiger partial charge on any atom is 0.312 e. The van der Waals surface area contributed by atoms with Gasteiger partial charge in [-0.05, 0) is 17.2 Å². The highest BCUT2D eigenvalue weighted by molar-refractivity contribution is 7.86. The number of hydrogen-bond acceptors (Lipinski definition) is 5. The molecule has 2 aromatic carbocycles. The van der Waals surface area contributed by atoms with E-state index in [4.69, 9.17) is 4.55 Å². The molecule has 0 bridgehead atoms. The first-order valence-electron chi connectivity index (χ1n) is 6.94. The molecule has 2 rings (SSSR count). The average Bonchev–Trinajstić information content (AvgIpc) is 2.55. The van der Waals surface area contributed by atoms with E-state index in [1.54, 1.807) is 36.4 Å². The van der Waals surface area contributed by atoms with Gasteiger partial charge in [0, 0.05) is 0 Å². The molecule has 0 radical (unpaired) electrons. The van der Waals surface area contributed by atoms with Crippen molar-refractivity contribution in [1.29, 1.82) is 0 Å². The Hall–Kier alpha value is -2.42. The average molecular weight is 382 g/mol. The Morgan fingerprint density at radius 3 is 1.96 bits per heavy atom. The predicted octanol–water partition coefficient (Wildman–Crippen LogP) is 3.25. The molecule has 134 valence electrons. The normalized spacial score (nSPS) is 10.9. The van der Waals surface area contributed by atoms with Crippen molar-refractivity contribution in [3.8, 4) is 0 Å². The molecule has 25 heavy (non-hydrogen) atoms. The Balaban J connectivity index is 0.000000251. The molecule has 1 N–H and O–H groups in total. The minimum atomic E-state index is -4.12. The van der Waals surface area contributed by atoms with Crippen molar-refractivity contribution in [2.24, 2.45) is 0 Å². The summed E-state index contributed by atoms with van der Waals surface area (Å²) >= 11 is 0. The van der Waals surface area contributed by atoms with Crippen molar-refractivity contribution in [1.82, 2.24) is 0 Å². The standard InChI is InChI=1S/C9H10O3S.C8H8O3S/c1-2-12-13(10,11)8-9-6-4-3-5-7-9;1-2-7-5-3-4-6-8(7)12(9,10)11/h2-7H,1,8H2;2-6H,1H2,(H,9,10,11). The Kier molecular flexibility index (Phi) is 7.56. The van der Waals surface area contributed by atoms with Crippen LogP contribution in [0.15, 0.2) is 78.9 Å². The first-order valence-corrected chi connectivity index (χ1v) is 9.96. The highest BCUT2D eigenvalue weighted by Gasteiger charge is 2.11. The van der Waals surface area contributed by atoms with Crippen molar-refractivity contribution < 1.29 is 25.6 Å². The van der Waals surface area contributed by atoms with E-state index in [2.05, 4.69) is 17.3 Å². The van der Waals surface area contributed by atoms with Crippen LogP contribution in [0.25, 0.3) is 6.08 Å². The van der Waals surface area contributed by atoms with E-state index in [0.29, 0.717) is 11.1 Å². The zero-order chi connectivity index (χ0) is 18.9. The minimum absolute atomic E-state index is 0.111. The smallest absolute Gasteiger partial charge is 0.312 e. The van der Waals surface area contributed by atoms with Crippen molar-refractivity contribution >= 4 is 26.3 Å². The highest BCUT2D eigenvalue weighted by Crippen LogP contribution is 2.15. The van der Waals surface area contributed by atoms with Crippen LogP contribution < -0.4 is 0 Å². The fourth-order valence-corrected chi connectivity index (χ4v) is 3.38. The summed E-state index contributed by atoms with van der Waals surface area (Å²) in [6.07, 6.45) is 2.29. The van der Waals surface area contributed by atoms with E-state index < -0.39 is 20.2 Å². The predicted molar refractivity (Wildman–Crippen MR) is 96.7 cm³/mol. The zero-order valence-corrected chi connectivity index (χ0v) is 14.9. The Bertz CT molecular complexity index is 917. The molecule has 0 aliphatic carbocycles. The molecule has 0 atom stereocenters. The van der Waals surface area contributed by atoms with Gasteiger partial charge in [-0.15, -0.1) is 0 Å². The van der Waals surface area contributed by atoms with Gasteiger partial charge in [-0.3, -0.25) is 4.55 Å². The SMILES string of the molecule is C=COS(=O)(=O)Cc1ccccc1.C=Cc1ccccc1S(=O)(=O)O. The van der Waals surface area contributed by atoms with E-state index in [-0.39, 0.29) is 10.6 Å². The molecule has 0 fully saturated rings. The van der Waals surface area contributed by atoms with Crippen LogP contribution in [0.3, 0.4) is 0 Å². The molecular weight excluding hydrogens is 364 g/mol. The lowest BCUT2D eigenvalue weighted by atomic mass is 10.2. The maximum atomic E-state index is 11.1. The first-order chi connectivity index (χ1) is 11.7. The number of benzene rings is 2. The van der Waals surface area contributed by atoms with Gasteiger partial charge >= 0.3 is 10.1 Å². The second-order valence-corrected chi connectivity index (χ2v) is 7.65. The molecule has 0 heterocycles. The van der Waals surface area contributed by atoms with Crippen molar-refractivity contribution in [3.05, 3.63) is 85.1 Å². The lowest BCUT2D eigenvalue weighted by Gasteiger charge is -2.01. The van der Waals surface area contributed by atoms with Crippen molar-refractivity contribution in [2.75, 3.05) is 0 Å². The van der Waals surface area contributed by atoms with Gasteiger partial charge in [0.05, 0.1) is 6.26 Å². The van der Waals surface area contributed by atoms with Crippen LogP contribution in [0.5, 0.6) is 0 Å². The largest absolute Gasteiger partial charge is 0.391 e. The van der Waals surface area contributed by atoms with Gasteiger partial charge in [0.25, 0.3) is 10.1 Å². The van der Waals surface area contributed by atoms with Crippen molar-refractivity contribution in [2.45, 2.75) is 10.6 Å². The summed E-state index contributed by atoms with van der Waals surface area (Å²) in [4.78, 5) is -0.111. The fourth-order valence-electron chi connectivity index (χ4n) is 1.80. The molecule has 0 amide bonds. The summed E-state index contributed by atoms with van der Waals surface area (Å²) in [5.41, 5.74) is 1.10. The molecule has 0 unspecified atom stereocenters. The van der Waals surface area contributed by atoms with Crippen LogP contribution in [0.1, 0.15) is 11.1 Å². The second kappa shape index (κ2) is 9.16. The summed E-state index contributed by atoms with van der Waals surface area (Å²) in [5, 5.41) is 0. The minimum Gasteiger partial charge on any atom is -0.391 e. The summed E-state index contributed by atoms with van der Waals surface area (Å²) in [6.45, 7) is 6.62. The van der Waals surface area contributed by atoms with Crippen LogP contribution in [-0.4, -0.2) is 21.4 Å². The zero-order valence-electron chi connectivity index (χ0n) is 13.3. The van der Waals surface area contributed by atoms with E-state index >= 15 is 0 Å². The molecule has 8 heteroatoms. The summed E-state index contributed by atoms with van der Waals surface area (Å²) in [6, 6.07) is 14.9. The molecule has 2 aromatic rings. The number of hydrogen-bond donors (Lipinski definition) is 1. The summed E-state index contributed by atoms with van der Waals surface area (Å²) < 4.78 is 56.7. The number of rotatable bonds is 6. The van der Waals surface area contributed by atoms with Crippen molar-refractivity contribution in [3.63, 3.8) is 0 Å².